The molecule has 0 bridgehead atoms. The van der Waals surface area contributed by atoms with E-state index < -0.39 is 0 Å². The lowest BCUT2D eigenvalue weighted by molar-refractivity contribution is -0.131. The van der Waals surface area contributed by atoms with Crippen LogP contribution in [-0.4, -0.2) is 27.6 Å². The van der Waals surface area contributed by atoms with E-state index in [1.807, 2.05) is 38.1 Å². The minimum atomic E-state index is -0.0189. The Kier molecular flexibility index (Phi) is 4.86. The highest BCUT2D eigenvalue weighted by Crippen LogP contribution is 2.27. The predicted molar refractivity (Wildman–Crippen MR) is 98.8 cm³/mol. The molecule has 0 radical (unpaired) electrons. The van der Waals surface area contributed by atoms with E-state index in [9.17, 15) is 4.79 Å². The van der Waals surface area contributed by atoms with Gasteiger partial charge in [-0.2, -0.15) is 5.10 Å². The van der Waals surface area contributed by atoms with Crippen LogP contribution in [0.4, 0.5) is 0 Å². The third-order valence-electron chi connectivity index (χ3n) is 4.50. The number of hydrogen-bond acceptors (Lipinski definition) is 3. The van der Waals surface area contributed by atoms with Crippen molar-refractivity contribution in [3.63, 3.8) is 0 Å². The first-order chi connectivity index (χ1) is 11.9. The van der Waals surface area contributed by atoms with Gasteiger partial charge in [-0.05, 0) is 19.9 Å². The van der Waals surface area contributed by atoms with Crippen molar-refractivity contribution in [3.8, 4) is 0 Å². The predicted octanol–water partition coefficient (Wildman–Crippen LogP) is 4.12. The van der Waals surface area contributed by atoms with Crippen LogP contribution in [0.15, 0.2) is 28.7 Å². The smallest absolute Gasteiger partial charge is 0.244 e. The van der Waals surface area contributed by atoms with Crippen molar-refractivity contribution >= 4 is 28.5 Å². The van der Waals surface area contributed by atoms with E-state index in [1.165, 1.54) is 0 Å². The minimum absolute atomic E-state index is 0.0189. The summed E-state index contributed by atoms with van der Waals surface area (Å²) in [6, 6.07) is 7.93. The number of carbonyl (C=O) groups is 1. The van der Waals surface area contributed by atoms with Gasteiger partial charge in [-0.1, -0.05) is 36.7 Å². The minimum Gasteiger partial charge on any atom is -0.461 e. The molecule has 0 spiro atoms. The van der Waals surface area contributed by atoms with Crippen LogP contribution in [0.2, 0.25) is 5.02 Å². The number of hydrogen-bond donors (Lipinski definition) is 0. The highest BCUT2D eigenvalue weighted by Gasteiger charge is 2.19. The van der Waals surface area contributed by atoms with Crippen molar-refractivity contribution in [2.24, 2.45) is 0 Å². The lowest BCUT2D eigenvalue weighted by atomic mass is 10.1. The number of fused-ring (bicyclic) bond motifs is 1. The zero-order valence-electron chi connectivity index (χ0n) is 15.0. The van der Waals surface area contributed by atoms with Crippen molar-refractivity contribution in [1.29, 1.82) is 0 Å². The molecule has 0 N–H and O–H groups in total. The number of aryl methyl sites for hydroxylation is 2. The second kappa shape index (κ2) is 6.92. The van der Waals surface area contributed by atoms with Crippen molar-refractivity contribution in [2.45, 2.75) is 40.3 Å². The van der Waals surface area contributed by atoms with E-state index in [-0.39, 0.29) is 12.5 Å². The van der Waals surface area contributed by atoms with Crippen LogP contribution in [0, 0.1) is 13.8 Å². The van der Waals surface area contributed by atoms with E-state index in [4.69, 9.17) is 16.0 Å². The molecule has 1 aromatic carbocycles. The van der Waals surface area contributed by atoms with Crippen molar-refractivity contribution in [3.05, 3.63) is 52.0 Å². The van der Waals surface area contributed by atoms with E-state index in [1.54, 1.807) is 16.6 Å². The Labute approximate surface area is 152 Å². The Balaban J connectivity index is 1.81. The molecule has 2 aromatic heterocycles. The maximum Gasteiger partial charge on any atom is 0.244 e. The summed E-state index contributed by atoms with van der Waals surface area (Å²) in [5.74, 6) is 0.907. The molecule has 0 saturated heterocycles. The molecule has 0 unspecified atom stereocenters. The average Bonchev–Trinajstić information content (AvgIpc) is 3.07. The summed E-state index contributed by atoms with van der Waals surface area (Å²) in [5, 5.41) is 6.01. The number of aromatic nitrogens is 2. The summed E-state index contributed by atoms with van der Waals surface area (Å²) >= 11 is 6.16. The molecule has 0 aliphatic carbocycles. The second-order valence-corrected chi connectivity index (χ2v) is 6.62. The Bertz CT molecular complexity index is 926. The van der Waals surface area contributed by atoms with E-state index in [0.29, 0.717) is 11.6 Å². The molecule has 6 heteroatoms. The number of benzene rings is 1. The first-order valence-corrected chi connectivity index (χ1v) is 8.72. The van der Waals surface area contributed by atoms with Gasteiger partial charge in [-0.3, -0.25) is 9.48 Å². The molecule has 3 aromatic rings. The number of para-hydroxylation sites is 1. The van der Waals surface area contributed by atoms with Crippen LogP contribution in [0.25, 0.3) is 11.0 Å². The summed E-state index contributed by atoms with van der Waals surface area (Å²) in [6.07, 6.45) is 0.791. The fourth-order valence-electron chi connectivity index (χ4n) is 3.01. The molecule has 0 aliphatic heterocycles. The van der Waals surface area contributed by atoms with Crippen LogP contribution in [0.1, 0.15) is 29.6 Å². The standard InChI is InChI=1S/C19H22ClN3O2/c1-5-16-15(14-8-6-7-9-17(14)25-16)10-22(4)18(24)11-23-13(3)19(20)12(2)21-23/h6-9H,5,10-11H2,1-4H3. The fraction of sp³-hybridized carbons (Fsp3) is 0.368. The number of likely N-dealkylation sites (N-methyl/N-ethyl adjacent to an activating group) is 1. The maximum absolute atomic E-state index is 12.6. The van der Waals surface area contributed by atoms with Crippen molar-refractivity contribution in [1.82, 2.24) is 14.7 Å². The van der Waals surface area contributed by atoms with Gasteiger partial charge in [-0.15, -0.1) is 0 Å². The zero-order valence-corrected chi connectivity index (χ0v) is 15.7. The Morgan fingerprint density at radius 1 is 1.32 bits per heavy atom. The second-order valence-electron chi connectivity index (χ2n) is 6.25. The van der Waals surface area contributed by atoms with Crippen molar-refractivity contribution < 1.29 is 9.21 Å². The summed E-state index contributed by atoms with van der Waals surface area (Å²) in [6.45, 7) is 6.44. The van der Waals surface area contributed by atoms with Gasteiger partial charge in [0.15, 0.2) is 0 Å². The van der Waals surface area contributed by atoms with Crippen LogP contribution in [-0.2, 0) is 24.3 Å². The summed E-state index contributed by atoms with van der Waals surface area (Å²) in [5.41, 5.74) is 3.48. The normalized spacial score (nSPS) is 11.2. The van der Waals surface area contributed by atoms with E-state index >= 15 is 0 Å². The Hall–Kier alpha value is -2.27. The Morgan fingerprint density at radius 2 is 2.04 bits per heavy atom. The topological polar surface area (TPSA) is 51.3 Å². The van der Waals surface area contributed by atoms with E-state index in [0.717, 1.165) is 40.1 Å². The molecule has 0 atom stereocenters. The lowest BCUT2D eigenvalue weighted by Gasteiger charge is -2.18. The molecule has 0 fully saturated rings. The first-order valence-electron chi connectivity index (χ1n) is 8.35. The summed E-state index contributed by atoms with van der Waals surface area (Å²) in [7, 11) is 1.80. The molecule has 3 rings (SSSR count). The largest absolute Gasteiger partial charge is 0.461 e. The average molecular weight is 360 g/mol. The quantitative estimate of drug-likeness (QED) is 0.688. The van der Waals surface area contributed by atoms with Gasteiger partial charge in [0.1, 0.15) is 17.9 Å². The molecule has 0 saturated carbocycles. The number of nitrogens with zero attached hydrogens (tertiary/aromatic N) is 3. The number of halogens is 1. The van der Waals surface area contributed by atoms with Crippen LogP contribution >= 0.6 is 11.6 Å². The number of furan rings is 1. The molecule has 132 valence electrons. The fourth-order valence-corrected chi connectivity index (χ4v) is 3.15. The summed E-state index contributed by atoms with van der Waals surface area (Å²) < 4.78 is 7.57. The van der Waals surface area contributed by atoms with Gasteiger partial charge in [0.25, 0.3) is 0 Å². The molecular formula is C19H22ClN3O2. The van der Waals surface area contributed by atoms with Crippen LogP contribution in [0.5, 0.6) is 0 Å². The highest BCUT2D eigenvalue weighted by atomic mass is 35.5. The lowest BCUT2D eigenvalue weighted by Crippen LogP contribution is -2.30. The van der Waals surface area contributed by atoms with Crippen LogP contribution < -0.4 is 0 Å². The van der Waals surface area contributed by atoms with Gasteiger partial charge in [-0.25, -0.2) is 0 Å². The third-order valence-corrected chi connectivity index (χ3v) is 5.05. The number of amides is 1. The third kappa shape index (κ3) is 3.29. The maximum atomic E-state index is 12.6. The Morgan fingerprint density at radius 3 is 2.68 bits per heavy atom. The van der Waals surface area contributed by atoms with Crippen molar-refractivity contribution in [2.75, 3.05) is 7.05 Å². The number of rotatable bonds is 5. The molecule has 0 aliphatic rings. The highest BCUT2D eigenvalue weighted by molar-refractivity contribution is 6.31. The van der Waals surface area contributed by atoms with Gasteiger partial charge in [0.05, 0.1) is 16.4 Å². The molecule has 2 heterocycles. The zero-order chi connectivity index (χ0) is 18.1. The number of carbonyl (C=O) groups excluding carboxylic acids is 1. The van der Waals surface area contributed by atoms with Gasteiger partial charge in [0.2, 0.25) is 5.91 Å². The summed E-state index contributed by atoms with van der Waals surface area (Å²) in [4.78, 5) is 14.3. The first kappa shape index (κ1) is 17.5. The van der Waals surface area contributed by atoms with Gasteiger partial charge in [0, 0.05) is 31.0 Å². The van der Waals surface area contributed by atoms with Gasteiger partial charge >= 0.3 is 0 Å². The molecule has 5 nitrogen and oxygen atoms in total. The van der Waals surface area contributed by atoms with Crippen LogP contribution in [0.3, 0.4) is 0 Å². The van der Waals surface area contributed by atoms with E-state index in [2.05, 4.69) is 12.0 Å². The SMILES string of the molecule is CCc1oc2ccccc2c1CN(C)C(=O)Cn1nc(C)c(Cl)c1C. The molecule has 25 heavy (non-hydrogen) atoms. The molecular weight excluding hydrogens is 338 g/mol. The van der Waals surface area contributed by atoms with Gasteiger partial charge < -0.3 is 9.32 Å². The molecule has 1 amide bonds. The monoisotopic (exact) mass is 359 g/mol.